The van der Waals surface area contributed by atoms with Gasteiger partial charge in [0, 0.05) is 23.7 Å². The number of benzene rings is 3. The predicted molar refractivity (Wildman–Crippen MR) is 131 cm³/mol. The first kappa shape index (κ1) is 22.0. The zero-order valence-electron chi connectivity index (χ0n) is 18.9. The van der Waals surface area contributed by atoms with E-state index in [4.69, 9.17) is 25.8 Å². The Bertz CT molecular complexity index is 1430. The summed E-state index contributed by atoms with van der Waals surface area (Å²) in [7, 11) is 1.64. The zero-order chi connectivity index (χ0) is 23.7. The molecule has 0 amide bonds. The van der Waals surface area contributed by atoms with Crippen LogP contribution in [0.2, 0.25) is 5.02 Å². The zero-order valence-corrected chi connectivity index (χ0v) is 19.6. The Hall–Kier alpha value is -3.77. The fraction of sp³-hybridized carbons (Fsp3) is 0.185. The van der Waals surface area contributed by atoms with Gasteiger partial charge in [0.2, 0.25) is 5.88 Å². The smallest absolute Gasteiger partial charge is 0.351 e. The predicted octanol–water partition coefficient (Wildman–Crippen LogP) is 5.81. The molecule has 2 heterocycles. The minimum Gasteiger partial charge on any atom is -0.497 e. The average Bonchev–Trinajstić information content (AvgIpc) is 2.83. The molecule has 1 aliphatic heterocycles. The second kappa shape index (κ2) is 9.23. The Morgan fingerprint density at radius 2 is 1.82 bits per heavy atom. The molecule has 0 bridgehead atoms. The molecule has 0 N–H and O–H groups in total. The van der Waals surface area contributed by atoms with Crippen LogP contribution >= 0.6 is 11.6 Å². The number of methoxy groups -OCH3 is 1. The van der Waals surface area contributed by atoms with Crippen LogP contribution < -0.4 is 19.9 Å². The van der Waals surface area contributed by atoms with Crippen LogP contribution in [0.5, 0.6) is 23.1 Å². The molecule has 0 spiro atoms. The van der Waals surface area contributed by atoms with Crippen molar-refractivity contribution in [3.63, 3.8) is 0 Å². The highest BCUT2D eigenvalue weighted by Gasteiger charge is 2.20. The van der Waals surface area contributed by atoms with Gasteiger partial charge in [0.1, 0.15) is 23.9 Å². The molecular weight excluding hydrogens is 452 g/mol. The van der Waals surface area contributed by atoms with Gasteiger partial charge in [-0.3, -0.25) is 4.57 Å². The summed E-state index contributed by atoms with van der Waals surface area (Å²) < 4.78 is 18.8. The first-order chi connectivity index (χ1) is 16.5. The molecule has 0 fully saturated rings. The Balaban J connectivity index is 1.35. The maximum absolute atomic E-state index is 12.6. The van der Waals surface area contributed by atoms with E-state index >= 15 is 0 Å². The largest absolute Gasteiger partial charge is 0.497 e. The Morgan fingerprint density at radius 3 is 2.62 bits per heavy atom. The van der Waals surface area contributed by atoms with E-state index in [-0.39, 0.29) is 18.2 Å². The second-order valence-corrected chi connectivity index (χ2v) is 8.55. The van der Waals surface area contributed by atoms with Crippen LogP contribution in [-0.2, 0) is 19.6 Å². The number of halogens is 1. The summed E-state index contributed by atoms with van der Waals surface area (Å²) in [5.41, 5.74) is 4.44. The molecule has 3 aromatic carbocycles. The molecule has 0 unspecified atom stereocenters. The number of fused-ring (bicyclic) bond motifs is 3. The summed E-state index contributed by atoms with van der Waals surface area (Å²) in [5, 5.41) is 0.511. The van der Waals surface area contributed by atoms with Crippen LogP contribution in [0, 0.1) is 6.92 Å². The van der Waals surface area contributed by atoms with Gasteiger partial charge in [-0.1, -0.05) is 29.8 Å². The van der Waals surface area contributed by atoms with Gasteiger partial charge in [0.25, 0.3) is 0 Å². The summed E-state index contributed by atoms with van der Waals surface area (Å²) in [6, 6.07) is 20.9. The molecule has 5 rings (SSSR count). The Labute approximate surface area is 202 Å². The Morgan fingerprint density at radius 1 is 1.00 bits per heavy atom. The van der Waals surface area contributed by atoms with Crippen LogP contribution in [0.1, 0.15) is 16.7 Å². The normalized spacial score (nSPS) is 12.0. The number of nitrogens with zero attached hydrogens (tertiary/aromatic N) is 2. The van der Waals surface area contributed by atoms with Crippen molar-refractivity contribution in [2.24, 2.45) is 0 Å². The highest BCUT2D eigenvalue weighted by Crippen LogP contribution is 2.33. The van der Waals surface area contributed by atoms with E-state index in [1.54, 1.807) is 23.8 Å². The minimum atomic E-state index is -0.332. The quantitative estimate of drug-likeness (QED) is 0.353. The van der Waals surface area contributed by atoms with Gasteiger partial charge < -0.3 is 14.2 Å². The van der Waals surface area contributed by atoms with Crippen molar-refractivity contribution in [2.75, 3.05) is 7.11 Å². The highest BCUT2D eigenvalue weighted by molar-refractivity contribution is 6.31. The van der Waals surface area contributed by atoms with Gasteiger partial charge in [-0.05, 0) is 66.9 Å². The second-order valence-electron chi connectivity index (χ2n) is 8.15. The number of aromatic nitrogens is 2. The Kier molecular flexibility index (Phi) is 5.99. The SMILES string of the molecule is COc1ccc2c(c1)CCn1c-2cc(OCc2ccc(Oc3cccc(C)c3)cc2Cl)nc1=O. The van der Waals surface area contributed by atoms with E-state index in [1.807, 2.05) is 61.5 Å². The number of hydrogen-bond acceptors (Lipinski definition) is 5. The lowest BCUT2D eigenvalue weighted by Crippen LogP contribution is -2.28. The molecular formula is C27H23ClN2O4. The summed E-state index contributed by atoms with van der Waals surface area (Å²) in [4.78, 5) is 16.8. The number of rotatable bonds is 6. The fourth-order valence-corrected chi connectivity index (χ4v) is 4.28. The van der Waals surface area contributed by atoms with Gasteiger partial charge in [-0.25, -0.2) is 4.79 Å². The van der Waals surface area contributed by atoms with E-state index in [1.165, 1.54) is 0 Å². The lowest BCUT2D eigenvalue weighted by molar-refractivity contribution is 0.291. The third-order valence-electron chi connectivity index (χ3n) is 5.81. The van der Waals surface area contributed by atoms with Crippen molar-refractivity contribution < 1.29 is 14.2 Å². The summed E-state index contributed by atoms with van der Waals surface area (Å²) in [6.07, 6.45) is 0.744. The molecule has 0 atom stereocenters. The van der Waals surface area contributed by atoms with Gasteiger partial charge in [0.05, 0.1) is 17.8 Å². The topological polar surface area (TPSA) is 62.6 Å². The summed E-state index contributed by atoms with van der Waals surface area (Å²) >= 11 is 6.48. The fourth-order valence-electron chi connectivity index (χ4n) is 4.06. The van der Waals surface area contributed by atoms with E-state index in [0.29, 0.717) is 17.3 Å². The molecule has 1 aromatic heterocycles. The molecule has 0 saturated carbocycles. The first-order valence-corrected chi connectivity index (χ1v) is 11.3. The standard InChI is InChI=1S/C27H23ClN2O4/c1-17-4-3-5-21(12-17)34-22-7-6-19(24(28)14-22)16-33-26-15-25-23-9-8-20(32-2)13-18(23)10-11-30(25)27(31)29-26/h3-9,12-15H,10-11,16H2,1-2H3. The van der Waals surface area contributed by atoms with Crippen LogP contribution in [0.15, 0.2) is 71.5 Å². The van der Waals surface area contributed by atoms with Crippen molar-refractivity contribution in [3.05, 3.63) is 98.9 Å². The van der Waals surface area contributed by atoms with Crippen LogP contribution in [0.25, 0.3) is 11.3 Å². The van der Waals surface area contributed by atoms with Crippen molar-refractivity contribution >= 4 is 11.6 Å². The molecule has 0 saturated heterocycles. The average molecular weight is 475 g/mol. The van der Waals surface area contributed by atoms with Crippen LogP contribution in [0.3, 0.4) is 0 Å². The molecule has 6 nitrogen and oxygen atoms in total. The van der Waals surface area contributed by atoms with Crippen LogP contribution in [-0.4, -0.2) is 16.7 Å². The van der Waals surface area contributed by atoms with Gasteiger partial charge in [-0.2, -0.15) is 4.98 Å². The number of hydrogen-bond donors (Lipinski definition) is 0. The van der Waals surface area contributed by atoms with E-state index < -0.39 is 0 Å². The highest BCUT2D eigenvalue weighted by atomic mass is 35.5. The summed E-state index contributed by atoms with van der Waals surface area (Å²) in [6.45, 7) is 2.75. The molecule has 4 aromatic rings. The van der Waals surface area contributed by atoms with Crippen molar-refractivity contribution in [2.45, 2.75) is 26.5 Å². The van der Waals surface area contributed by atoms with E-state index in [2.05, 4.69) is 4.98 Å². The molecule has 0 aliphatic carbocycles. The van der Waals surface area contributed by atoms with Crippen molar-refractivity contribution in [1.29, 1.82) is 0 Å². The lowest BCUT2D eigenvalue weighted by Gasteiger charge is -2.22. The number of ether oxygens (including phenoxy) is 3. The molecule has 172 valence electrons. The minimum absolute atomic E-state index is 0.176. The summed E-state index contributed by atoms with van der Waals surface area (Å²) in [5.74, 6) is 2.44. The molecule has 0 radical (unpaired) electrons. The maximum Gasteiger partial charge on any atom is 0.351 e. The van der Waals surface area contributed by atoms with Crippen molar-refractivity contribution in [1.82, 2.24) is 9.55 Å². The van der Waals surface area contributed by atoms with E-state index in [0.717, 1.165) is 45.9 Å². The van der Waals surface area contributed by atoms with Gasteiger partial charge >= 0.3 is 5.69 Å². The third kappa shape index (κ3) is 4.50. The maximum atomic E-state index is 12.6. The van der Waals surface area contributed by atoms with Crippen molar-refractivity contribution in [3.8, 4) is 34.4 Å². The molecule has 7 heteroatoms. The van der Waals surface area contributed by atoms with Gasteiger partial charge in [-0.15, -0.1) is 0 Å². The van der Waals surface area contributed by atoms with E-state index in [9.17, 15) is 4.79 Å². The molecule has 1 aliphatic rings. The molecule has 34 heavy (non-hydrogen) atoms. The lowest BCUT2D eigenvalue weighted by atomic mass is 9.97. The number of aryl methyl sites for hydroxylation is 2. The monoisotopic (exact) mass is 474 g/mol. The third-order valence-corrected chi connectivity index (χ3v) is 6.16. The first-order valence-electron chi connectivity index (χ1n) is 10.9. The van der Waals surface area contributed by atoms with Crippen LogP contribution in [0.4, 0.5) is 0 Å². The van der Waals surface area contributed by atoms with Gasteiger partial charge in [0.15, 0.2) is 0 Å².